The molecule has 0 amide bonds. The van der Waals surface area contributed by atoms with Gasteiger partial charge in [-0.2, -0.15) is 0 Å². The minimum Gasteiger partial charge on any atom is -0.0622 e. The SMILES string of the molecule is CC1(C)c2ccccc2-c2ccc(-c3ccccc3)cc21. The molecule has 0 nitrogen and oxygen atoms in total. The molecule has 3 aromatic rings. The summed E-state index contributed by atoms with van der Waals surface area (Å²) in [5, 5.41) is 0. The van der Waals surface area contributed by atoms with Crippen molar-refractivity contribution in [3.63, 3.8) is 0 Å². The van der Waals surface area contributed by atoms with Crippen molar-refractivity contribution >= 4 is 0 Å². The molecule has 0 unspecified atom stereocenters. The van der Waals surface area contributed by atoms with E-state index in [4.69, 9.17) is 0 Å². The second-order valence-corrected chi connectivity index (χ2v) is 6.30. The van der Waals surface area contributed by atoms with Crippen molar-refractivity contribution < 1.29 is 0 Å². The number of hydrogen-bond donors (Lipinski definition) is 0. The first-order chi connectivity index (χ1) is 10.2. The zero-order chi connectivity index (χ0) is 14.4. The molecule has 0 atom stereocenters. The van der Waals surface area contributed by atoms with Gasteiger partial charge in [0.15, 0.2) is 0 Å². The van der Waals surface area contributed by atoms with E-state index in [-0.39, 0.29) is 5.41 Å². The van der Waals surface area contributed by atoms with Gasteiger partial charge in [0.25, 0.3) is 0 Å². The Labute approximate surface area is 126 Å². The molecule has 3 aromatic carbocycles. The lowest BCUT2D eigenvalue weighted by Gasteiger charge is -2.22. The van der Waals surface area contributed by atoms with Crippen LogP contribution in [0.3, 0.4) is 0 Å². The molecule has 0 N–H and O–H groups in total. The first-order valence-corrected chi connectivity index (χ1v) is 7.48. The number of rotatable bonds is 1. The Morgan fingerprint density at radius 1 is 0.571 bits per heavy atom. The second-order valence-electron chi connectivity index (χ2n) is 6.30. The van der Waals surface area contributed by atoms with E-state index in [0.717, 1.165) is 0 Å². The zero-order valence-electron chi connectivity index (χ0n) is 12.4. The molecule has 1 aliphatic rings. The van der Waals surface area contributed by atoms with E-state index in [1.54, 1.807) is 0 Å². The van der Waals surface area contributed by atoms with Crippen LogP contribution in [0.5, 0.6) is 0 Å². The first-order valence-electron chi connectivity index (χ1n) is 7.48. The molecule has 21 heavy (non-hydrogen) atoms. The summed E-state index contributed by atoms with van der Waals surface area (Å²) in [4.78, 5) is 0. The van der Waals surface area contributed by atoms with Crippen molar-refractivity contribution in [3.05, 3.63) is 83.9 Å². The summed E-state index contributed by atoms with van der Waals surface area (Å²) in [6, 6.07) is 26.3. The summed E-state index contributed by atoms with van der Waals surface area (Å²) < 4.78 is 0. The number of hydrogen-bond acceptors (Lipinski definition) is 0. The standard InChI is InChI=1S/C21H18/c1-21(2)19-11-7-6-10-17(19)18-13-12-16(14-20(18)21)15-8-4-3-5-9-15/h3-14H,1-2H3. The van der Waals surface area contributed by atoms with E-state index in [9.17, 15) is 0 Å². The third-order valence-corrected chi connectivity index (χ3v) is 4.69. The molecule has 0 spiro atoms. The summed E-state index contributed by atoms with van der Waals surface area (Å²) in [5.41, 5.74) is 8.31. The fraction of sp³-hybridized carbons (Fsp3) is 0.143. The summed E-state index contributed by atoms with van der Waals surface area (Å²) in [6.45, 7) is 4.65. The van der Waals surface area contributed by atoms with Gasteiger partial charge in [0.1, 0.15) is 0 Å². The summed E-state index contributed by atoms with van der Waals surface area (Å²) >= 11 is 0. The zero-order valence-corrected chi connectivity index (χ0v) is 12.4. The van der Waals surface area contributed by atoms with Crippen LogP contribution >= 0.6 is 0 Å². The van der Waals surface area contributed by atoms with E-state index in [2.05, 4.69) is 86.6 Å². The largest absolute Gasteiger partial charge is 0.0622 e. The van der Waals surface area contributed by atoms with Gasteiger partial charge in [-0.1, -0.05) is 80.6 Å². The molecule has 0 radical (unpaired) electrons. The van der Waals surface area contributed by atoms with Crippen LogP contribution in [-0.4, -0.2) is 0 Å². The fourth-order valence-electron chi connectivity index (χ4n) is 3.51. The smallest absolute Gasteiger partial charge is 0.0159 e. The van der Waals surface area contributed by atoms with Gasteiger partial charge in [-0.15, -0.1) is 0 Å². The van der Waals surface area contributed by atoms with Crippen molar-refractivity contribution in [2.75, 3.05) is 0 Å². The van der Waals surface area contributed by atoms with Gasteiger partial charge >= 0.3 is 0 Å². The maximum atomic E-state index is 2.37. The van der Waals surface area contributed by atoms with Crippen LogP contribution in [0.1, 0.15) is 25.0 Å². The van der Waals surface area contributed by atoms with Crippen LogP contribution < -0.4 is 0 Å². The van der Waals surface area contributed by atoms with Crippen LogP contribution in [0.15, 0.2) is 72.8 Å². The monoisotopic (exact) mass is 270 g/mol. The molecular weight excluding hydrogens is 252 g/mol. The lowest BCUT2D eigenvalue weighted by Crippen LogP contribution is -2.14. The molecule has 4 rings (SSSR count). The van der Waals surface area contributed by atoms with Crippen LogP contribution in [0.4, 0.5) is 0 Å². The highest BCUT2D eigenvalue weighted by molar-refractivity contribution is 5.83. The highest BCUT2D eigenvalue weighted by Gasteiger charge is 2.35. The lowest BCUT2D eigenvalue weighted by molar-refractivity contribution is 0.660. The molecule has 102 valence electrons. The van der Waals surface area contributed by atoms with E-state index < -0.39 is 0 Å². The normalized spacial score (nSPS) is 14.6. The maximum absolute atomic E-state index is 2.37. The van der Waals surface area contributed by atoms with E-state index in [1.807, 2.05) is 0 Å². The number of benzene rings is 3. The van der Waals surface area contributed by atoms with Crippen molar-refractivity contribution in [2.45, 2.75) is 19.3 Å². The third-order valence-electron chi connectivity index (χ3n) is 4.69. The van der Waals surface area contributed by atoms with Crippen LogP contribution in [-0.2, 0) is 5.41 Å². The van der Waals surface area contributed by atoms with Gasteiger partial charge < -0.3 is 0 Å². The van der Waals surface area contributed by atoms with Crippen molar-refractivity contribution in [1.29, 1.82) is 0 Å². The maximum Gasteiger partial charge on any atom is 0.0159 e. The quantitative estimate of drug-likeness (QED) is 0.535. The lowest BCUT2D eigenvalue weighted by atomic mass is 9.81. The Balaban J connectivity index is 1.94. The molecule has 0 aliphatic heterocycles. The average molecular weight is 270 g/mol. The van der Waals surface area contributed by atoms with E-state index in [1.165, 1.54) is 33.4 Å². The Morgan fingerprint density at radius 3 is 2.05 bits per heavy atom. The second kappa shape index (κ2) is 4.33. The van der Waals surface area contributed by atoms with Crippen molar-refractivity contribution in [2.24, 2.45) is 0 Å². The van der Waals surface area contributed by atoms with E-state index >= 15 is 0 Å². The summed E-state index contributed by atoms with van der Waals surface area (Å²) in [7, 11) is 0. The van der Waals surface area contributed by atoms with Crippen LogP contribution in [0.25, 0.3) is 22.3 Å². The minimum atomic E-state index is 0.0801. The Morgan fingerprint density at radius 2 is 1.24 bits per heavy atom. The van der Waals surface area contributed by atoms with Crippen molar-refractivity contribution in [3.8, 4) is 22.3 Å². The highest BCUT2D eigenvalue weighted by atomic mass is 14.4. The van der Waals surface area contributed by atoms with Gasteiger partial charge in [-0.05, 0) is 39.4 Å². The predicted octanol–water partition coefficient (Wildman–Crippen LogP) is 5.66. The minimum absolute atomic E-state index is 0.0801. The van der Waals surface area contributed by atoms with E-state index in [0.29, 0.717) is 0 Å². The summed E-state index contributed by atoms with van der Waals surface area (Å²) in [5.74, 6) is 0. The third kappa shape index (κ3) is 1.76. The molecule has 1 aliphatic carbocycles. The first kappa shape index (κ1) is 12.4. The molecule has 0 fully saturated rings. The van der Waals surface area contributed by atoms with Gasteiger partial charge in [-0.3, -0.25) is 0 Å². The topological polar surface area (TPSA) is 0 Å². The Kier molecular flexibility index (Phi) is 2.56. The van der Waals surface area contributed by atoms with Gasteiger partial charge in [0, 0.05) is 5.41 Å². The van der Waals surface area contributed by atoms with Crippen molar-refractivity contribution in [1.82, 2.24) is 0 Å². The fourth-order valence-corrected chi connectivity index (χ4v) is 3.51. The van der Waals surface area contributed by atoms with Gasteiger partial charge in [0.2, 0.25) is 0 Å². The van der Waals surface area contributed by atoms with Gasteiger partial charge in [0.05, 0.1) is 0 Å². The molecule has 0 bridgehead atoms. The van der Waals surface area contributed by atoms with Crippen LogP contribution in [0.2, 0.25) is 0 Å². The molecule has 0 saturated carbocycles. The number of fused-ring (bicyclic) bond motifs is 3. The van der Waals surface area contributed by atoms with Gasteiger partial charge in [-0.25, -0.2) is 0 Å². The Bertz CT molecular complexity index is 810. The molecule has 0 saturated heterocycles. The molecule has 0 heteroatoms. The van der Waals surface area contributed by atoms with Crippen LogP contribution in [0, 0.1) is 0 Å². The molecule has 0 heterocycles. The molecule has 0 aromatic heterocycles. The highest BCUT2D eigenvalue weighted by Crippen LogP contribution is 2.49. The molecular formula is C21H18. The Hall–Kier alpha value is -2.34. The predicted molar refractivity (Wildman–Crippen MR) is 89.4 cm³/mol. The average Bonchev–Trinajstić information content (AvgIpc) is 2.77. The summed E-state index contributed by atoms with van der Waals surface area (Å²) in [6.07, 6.45) is 0.